The van der Waals surface area contributed by atoms with E-state index in [4.69, 9.17) is 18.9 Å². The Kier molecular flexibility index (Phi) is 9.82. The van der Waals surface area contributed by atoms with E-state index in [9.17, 15) is 14.7 Å². The molecule has 2 N–H and O–H groups in total. The van der Waals surface area contributed by atoms with Crippen molar-refractivity contribution in [3.05, 3.63) is 47.5 Å². The van der Waals surface area contributed by atoms with Crippen LogP contribution < -0.4 is 19.5 Å². The molecule has 1 aliphatic heterocycles. The summed E-state index contributed by atoms with van der Waals surface area (Å²) in [5, 5.41) is 12.5. The molecule has 0 aromatic heterocycles. The van der Waals surface area contributed by atoms with E-state index in [-0.39, 0.29) is 60.3 Å². The summed E-state index contributed by atoms with van der Waals surface area (Å²) >= 11 is 0. The van der Waals surface area contributed by atoms with Crippen molar-refractivity contribution < 1.29 is 33.6 Å². The third-order valence-electron chi connectivity index (χ3n) is 6.24. The van der Waals surface area contributed by atoms with Crippen LogP contribution in [0.5, 0.6) is 17.2 Å². The molecular formula is C27H38N2O7Si. The van der Waals surface area contributed by atoms with Gasteiger partial charge in [-0.25, -0.2) is 4.79 Å². The lowest BCUT2D eigenvalue weighted by Crippen LogP contribution is -2.38. The molecule has 2 aromatic carbocycles. The zero-order chi connectivity index (χ0) is 27.0. The third kappa shape index (κ3) is 7.39. The molecular weight excluding hydrogens is 492 g/mol. The van der Waals surface area contributed by atoms with E-state index in [0.29, 0.717) is 13.0 Å². The van der Waals surface area contributed by atoms with Crippen LogP contribution in [0.2, 0.25) is 25.7 Å². The minimum atomic E-state index is -1.41. The van der Waals surface area contributed by atoms with Crippen LogP contribution in [0.1, 0.15) is 28.8 Å². The molecule has 202 valence electrons. The molecule has 0 saturated carbocycles. The largest absolute Gasteiger partial charge is 0.493 e. The van der Waals surface area contributed by atoms with Crippen LogP contribution in [-0.4, -0.2) is 70.1 Å². The minimum absolute atomic E-state index is 0.137. The average Bonchev–Trinajstić information content (AvgIpc) is 3.35. The molecule has 0 aliphatic carbocycles. The van der Waals surface area contributed by atoms with Gasteiger partial charge in [-0.2, -0.15) is 0 Å². The predicted octanol–water partition coefficient (Wildman–Crippen LogP) is 4.77. The molecule has 0 radical (unpaired) electrons. The molecule has 1 fully saturated rings. The maximum absolute atomic E-state index is 13.7. The summed E-state index contributed by atoms with van der Waals surface area (Å²) in [5.41, 5.74) is 1.23. The van der Waals surface area contributed by atoms with Crippen LogP contribution >= 0.6 is 0 Å². The Balaban J connectivity index is 2.00. The zero-order valence-corrected chi connectivity index (χ0v) is 23.3. The second kappa shape index (κ2) is 12.8. The van der Waals surface area contributed by atoms with Gasteiger partial charge in [0.05, 0.1) is 39.0 Å². The number of methoxy groups -OCH3 is 2. The zero-order valence-electron chi connectivity index (χ0n) is 22.3. The predicted molar refractivity (Wildman–Crippen MR) is 145 cm³/mol. The van der Waals surface area contributed by atoms with Gasteiger partial charge in [-0.05, 0) is 30.5 Å². The summed E-state index contributed by atoms with van der Waals surface area (Å²) in [4.78, 5) is 28.1. The number of carbonyl (C=O) groups excluding carboxylic acids is 2. The van der Waals surface area contributed by atoms with Gasteiger partial charge in [0.15, 0.2) is 11.5 Å². The number of aliphatic hydroxyl groups excluding tert-OH is 1. The smallest absolute Gasteiger partial charge is 0.411 e. The normalized spacial score (nSPS) is 15.3. The number of amides is 2. The highest BCUT2D eigenvalue weighted by molar-refractivity contribution is 6.76. The molecule has 9 nitrogen and oxygen atoms in total. The molecule has 1 aliphatic rings. The van der Waals surface area contributed by atoms with Crippen molar-refractivity contribution in [2.45, 2.75) is 51.2 Å². The van der Waals surface area contributed by atoms with E-state index in [1.54, 1.807) is 4.90 Å². The number of aliphatic hydroxyl groups is 1. The van der Waals surface area contributed by atoms with Gasteiger partial charge < -0.3 is 29.0 Å². The van der Waals surface area contributed by atoms with Crippen molar-refractivity contribution in [1.82, 2.24) is 4.90 Å². The first-order valence-electron chi connectivity index (χ1n) is 12.5. The van der Waals surface area contributed by atoms with Crippen LogP contribution in [0.3, 0.4) is 0 Å². The van der Waals surface area contributed by atoms with Crippen molar-refractivity contribution in [2.24, 2.45) is 0 Å². The van der Waals surface area contributed by atoms with Gasteiger partial charge in [0.2, 0.25) is 5.75 Å². The molecule has 2 aromatic rings. The van der Waals surface area contributed by atoms with Gasteiger partial charge in [-0.1, -0.05) is 50.0 Å². The number of rotatable bonds is 11. The fraction of sp³-hybridized carbons (Fsp3) is 0.481. The molecule has 1 heterocycles. The van der Waals surface area contributed by atoms with Crippen molar-refractivity contribution in [3.8, 4) is 17.2 Å². The van der Waals surface area contributed by atoms with E-state index < -0.39 is 14.2 Å². The average molecular weight is 531 g/mol. The van der Waals surface area contributed by atoms with Crippen molar-refractivity contribution in [1.29, 1.82) is 0 Å². The molecule has 3 rings (SSSR count). The lowest BCUT2D eigenvalue weighted by Gasteiger charge is -2.26. The second-order valence-electron chi connectivity index (χ2n) is 10.2. The Morgan fingerprint density at radius 2 is 1.84 bits per heavy atom. The Morgan fingerprint density at radius 3 is 2.46 bits per heavy atom. The van der Waals surface area contributed by atoms with Gasteiger partial charge in [0.1, 0.15) is 12.3 Å². The van der Waals surface area contributed by atoms with Crippen LogP contribution in [-0.2, 0) is 11.3 Å². The minimum Gasteiger partial charge on any atom is -0.493 e. The first kappa shape index (κ1) is 28.3. The fourth-order valence-electron chi connectivity index (χ4n) is 4.16. The highest BCUT2D eigenvalue weighted by Gasteiger charge is 2.34. The molecule has 1 saturated heterocycles. The molecule has 10 heteroatoms. The van der Waals surface area contributed by atoms with Gasteiger partial charge >= 0.3 is 6.09 Å². The van der Waals surface area contributed by atoms with Crippen LogP contribution in [0.4, 0.5) is 10.5 Å². The van der Waals surface area contributed by atoms with Crippen LogP contribution in [0, 0.1) is 0 Å². The van der Waals surface area contributed by atoms with Crippen LogP contribution in [0.15, 0.2) is 36.4 Å². The standard InChI is InChI=1S/C27H38N2O7Si/c1-33-22-16-21(26(31)29-13-9-12-20(29)17-30)23(28-27(32)35-14-15-37(3,4)5)25(34-2)24(22)36-18-19-10-7-6-8-11-19/h6-8,10-11,16,20,30H,9,12-15,17-18H2,1-5H3,(H,28,32). The van der Waals surface area contributed by atoms with E-state index >= 15 is 0 Å². The number of anilines is 1. The monoisotopic (exact) mass is 530 g/mol. The van der Waals surface area contributed by atoms with E-state index in [1.165, 1.54) is 20.3 Å². The number of ether oxygens (including phenoxy) is 4. The maximum Gasteiger partial charge on any atom is 0.411 e. The van der Waals surface area contributed by atoms with E-state index in [1.807, 2.05) is 30.3 Å². The van der Waals surface area contributed by atoms with Crippen molar-refractivity contribution >= 4 is 25.8 Å². The van der Waals surface area contributed by atoms with Crippen LogP contribution in [0.25, 0.3) is 0 Å². The second-order valence-corrected chi connectivity index (χ2v) is 15.8. The number of nitrogens with zero attached hydrogens (tertiary/aromatic N) is 1. The first-order chi connectivity index (χ1) is 17.7. The lowest BCUT2D eigenvalue weighted by molar-refractivity contribution is 0.0678. The van der Waals surface area contributed by atoms with Gasteiger partial charge in [-0.3, -0.25) is 10.1 Å². The van der Waals surface area contributed by atoms with Crippen molar-refractivity contribution in [2.75, 3.05) is 39.3 Å². The number of likely N-dealkylation sites (tertiary alicyclic amines) is 1. The lowest BCUT2D eigenvalue weighted by atomic mass is 10.1. The molecule has 0 bridgehead atoms. The highest BCUT2D eigenvalue weighted by Crippen LogP contribution is 2.46. The Bertz CT molecular complexity index is 1070. The maximum atomic E-state index is 13.7. The van der Waals surface area contributed by atoms with E-state index in [2.05, 4.69) is 25.0 Å². The Morgan fingerprint density at radius 1 is 1.11 bits per heavy atom. The third-order valence-corrected chi connectivity index (χ3v) is 7.95. The SMILES string of the molecule is COc1cc(C(=O)N2CCCC2CO)c(NC(=O)OCC[Si](C)(C)C)c(OC)c1OCc1ccccc1. The summed E-state index contributed by atoms with van der Waals surface area (Å²) < 4.78 is 22.8. The van der Waals surface area contributed by atoms with Gasteiger partial charge in [0.25, 0.3) is 5.91 Å². The summed E-state index contributed by atoms with van der Waals surface area (Å²) in [6.07, 6.45) is 0.797. The molecule has 1 unspecified atom stereocenters. The topological polar surface area (TPSA) is 107 Å². The molecule has 37 heavy (non-hydrogen) atoms. The van der Waals surface area contributed by atoms with Gasteiger partial charge in [0, 0.05) is 14.6 Å². The van der Waals surface area contributed by atoms with Crippen molar-refractivity contribution in [3.63, 3.8) is 0 Å². The Labute approximate surface area is 219 Å². The summed E-state index contributed by atoms with van der Waals surface area (Å²) in [7, 11) is 1.50. The fourth-order valence-corrected chi connectivity index (χ4v) is 4.87. The summed E-state index contributed by atoms with van der Waals surface area (Å²) in [6, 6.07) is 11.6. The number of carbonyl (C=O) groups is 2. The summed E-state index contributed by atoms with van der Waals surface area (Å²) in [6.45, 7) is 7.45. The number of hydrogen-bond acceptors (Lipinski definition) is 7. The number of hydrogen-bond donors (Lipinski definition) is 2. The molecule has 2 amide bonds. The molecule has 1 atom stereocenters. The highest BCUT2D eigenvalue weighted by atomic mass is 28.3. The number of benzene rings is 2. The molecule has 0 spiro atoms. The Hall–Kier alpha value is -3.24. The quantitative estimate of drug-likeness (QED) is 0.403. The van der Waals surface area contributed by atoms with Gasteiger partial charge in [-0.15, -0.1) is 0 Å². The number of nitrogens with one attached hydrogen (secondary N) is 1. The summed E-state index contributed by atoms with van der Waals surface area (Å²) in [5.74, 6) is 0.345. The van der Waals surface area contributed by atoms with E-state index in [0.717, 1.165) is 18.0 Å². The first-order valence-corrected chi connectivity index (χ1v) is 16.2.